The molecule has 1 aromatic heterocycles. The van der Waals surface area contributed by atoms with E-state index >= 15 is 0 Å². The molecule has 0 bridgehead atoms. The van der Waals surface area contributed by atoms with Gasteiger partial charge < -0.3 is 20.0 Å². The summed E-state index contributed by atoms with van der Waals surface area (Å²) in [6.07, 6.45) is 0.683. The molecule has 0 amide bonds. The van der Waals surface area contributed by atoms with Gasteiger partial charge in [-0.2, -0.15) is 0 Å². The second-order valence-corrected chi connectivity index (χ2v) is 6.58. The molecule has 1 aliphatic rings. The van der Waals surface area contributed by atoms with Crippen molar-refractivity contribution in [1.82, 2.24) is 4.90 Å². The van der Waals surface area contributed by atoms with E-state index in [0.717, 1.165) is 24.5 Å². The summed E-state index contributed by atoms with van der Waals surface area (Å²) in [7, 11) is 0. The van der Waals surface area contributed by atoms with Gasteiger partial charge in [0, 0.05) is 19.1 Å². The number of hydrogen-bond acceptors (Lipinski definition) is 5. The highest BCUT2D eigenvalue weighted by atomic mass is 16.5. The number of furan rings is 1. The summed E-state index contributed by atoms with van der Waals surface area (Å²) in [5.41, 5.74) is 6.05. The van der Waals surface area contributed by atoms with Gasteiger partial charge in [0.25, 0.3) is 0 Å². The molecule has 3 unspecified atom stereocenters. The Labute approximate surface area is 127 Å². The number of aliphatic hydroxyl groups is 1. The SMILES string of the molecule is CCC(N)C(c1ccc(C)o1)N1CC(CO)OC(C)(C)C1. The fourth-order valence-electron chi connectivity index (χ4n) is 3.15. The molecule has 2 rings (SSSR count). The maximum Gasteiger partial charge on any atom is 0.122 e. The molecule has 5 heteroatoms. The first-order chi connectivity index (χ1) is 9.86. The van der Waals surface area contributed by atoms with Gasteiger partial charge in [-0.05, 0) is 39.3 Å². The van der Waals surface area contributed by atoms with Gasteiger partial charge in [0.15, 0.2) is 0 Å². The van der Waals surface area contributed by atoms with Crippen LogP contribution in [-0.4, -0.2) is 47.4 Å². The molecule has 3 atom stereocenters. The number of aliphatic hydroxyl groups excluding tert-OH is 1. The molecule has 120 valence electrons. The lowest BCUT2D eigenvalue weighted by Gasteiger charge is -2.46. The summed E-state index contributed by atoms with van der Waals surface area (Å²) in [4.78, 5) is 2.29. The molecule has 0 spiro atoms. The molecule has 0 aromatic carbocycles. The number of rotatable bonds is 5. The second kappa shape index (κ2) is 6.48. The number of nitrogens with zero attached hydrogens (tertiary/aromatic N) is 1. The Morgan fingerprint density at radius 1 is 1.48 bits per heavy atom. The lowest BCUT2D eigenvalue weighted by Crippen LogP contribution is -2.57. The Morgan fingerprint density at radius 3 is 2.71 bits per heavy atom. The molecule has 1 aromatic rings. The fourth-order valence-corrected chi connectivity index (χ4v) is 3.15. The van der Waals surface area contributed by atoms with Crippen LogP contribution in [-0.2, 0) is 4.74 Å². The van der Waals surface area contributed by atoms with Gasteiger partial charge in [-0.15, -0.1) is 0 Å². The first-order valence-corrected chi connectivity index (χ1v) is 7.71. The molecular weight excluding hydrogens is 268 g/mol. The topological polar surface area (TPSA) is 71.9 Å². The second-order valence-electron chi connectivity index (χ2n) is 6.58. The molecule has 21 heavy (non-hydrogen) atoms. The summed E-state index contributed by atoms with van der Waals surface area (Å²) >= 11 is 0. The van der Waals surface area contributed by atoms with Crippen molar-refractivity contribution in [3.05, 3.63) is 23.7 Å². The summed E-state index contributed by atoms with van der Waals surface area (Å²) in [6, 6.07) is 3.98. The normalized spacial score (nSPS) is 25.7. The van der Waals surface area contributed by atoms with E-state index in [1.165, 1.54) is 0 Å². The van der Waals surface area contributed by atoms with Crippen LogP contribution in [0.4, 0.5) is 0 Å². The summed E-state index contributed by atoms with van der Waals surface area (Å²) in [6.45, 7) is 9.57. The third-order valence-electron chi connectivity index (χ3n) is 4.03. The number of ether oxygens (including phenoxy) is 1. The van der Waals surface area contributed by atoms with E-state index in [-0.39, 0.29) is 30.4 Å². The molecule has 5 nitrogen and oxygen atoms in total. The van der Waals surface area contributed by atoms with Crippen molar-refractivity contribution in [2.24, 2.45) is 5.73 Å². The van der Waals surface area contributed by atoms with Crippen LogP contribution in [0.3, 0.4) is 0 Å². The van der Waals surface area contributed by atoms with Crippen molar-refractivity contribution < 1.29 is 14.3 Å². The maximum absolute atomic E-state index is 9.49. The zero-order valence-corrected chi connectivity index (χ0v) is 13.5. The van der Waals surface area contributed by atoms with Crippen molar-refractivity contribution in [2.75, 3.05) is 19.7 Å². The van der Waals surface area contributed by atoms with Gasteiger partial charge in [-0.25, -0.2) is 0 Å². The third-order valence-corrected chi connectivity index (χ3v) is 4.03. The smallest absolute Gasteiger partial charge is 0.122 e. The number of hydrogen-bond donors (Lipinski definition) is 2. The van der Waals surface area contributed by atoms with Gasteiger partial charge in [-0.3, -0.25) is 4.90 Å². The molecule has 1 fully saturated rings. The Kier molecular flexibility index (Phi) is 5.09. The van der Waals surface area contributed by atoms with Gasteiger partial charge in [0.2, 0.25) is 0 Å². The highest BCUT2D eigenvalue weighted by molar-refractivity contribution is 5.13. The van der Waals surface area contributed by atoms with Crippen LogP contribution in [0.15, 0.2) is 16.5 Å². The highest BCUT2D eigenvalue weighted by Crippen LogP contribution is 2.32. The average Bonchev–Trinajstić information content (AvgIpc) is 2.83. The van der Waals surface area contributed by atoms with Crippen LogP contribution in [0, 0.1) is 6.92 Å². The minimum absolute atomic E-state index is 0.0104. The lowest BCUT2D eigenvalue weighted by atomic mass is 9.97. The van der Waals surface area contributed by atoms with Crippen LogP contribution < -0.4 is 5.73 Å². The van der Waals surface area contributed by atoms with Crippen molar-refractivity contribution in [1.29, 1.82) is 0 Å². The van der Waals surface area contributed by atoms with Crippen molar-refractivity contribution >= 4 is 0 Å². The number of morpholine rings is 1. The van der Waals surface area contributed by atoms with E-state index in [1.54, 1.807) is 0 Å². The highest BCUT2D eigenvalue weighted by Gasteiger charge is 2.39. The summed E-state index contributed by atoms with van der Waals surface area (Å²) < 4.78 is 11.7. The molecule has 2 heterocycles. The molecular formula is C16H28N2O3. The summed E-state index contributed by atoms with van der Waals surface area (Å²) in [5.74, 6) is 1.79. The predicted molar refractivity (Wildman–Crippen MR) is 82.1 cm³/mol. The van der Waals surface area contributed by atoms with E-state index in [1.807, 2.05) is 32.9 Å². The van der Waals surface area contributed by atoms with Crippen molar-refractivity contribution in [3.8, 4) is 0 Å². The number of nitrogens with two attached hydrogens (primary N) is 1. The molecule has 0 radical (unpaired) electrons. The largest absolute Gasteiger partial charge is 0.465 e. The van der Waals surface area contributed by atoms with E-state index in [0.29, 0.717) is 6.54 Å². The van der Waals surface area contributed by atoms with Crippen LogP contribution in [0.25, 0.3) is 0 Å². The van der Waals surface area contributed by atoms with Crippen LogP contribution in [0.2, 0.25) is 0 Å². The number of aryl methyl sites for hydroxylation is 1. The minimum atomic E-state index is -0.307. The van der Waals surface area contributed by atoms with E-state index in [9.17, 15) is 5.11 Å². The van der Waals surface area contributed by atoms with E-state index < -0.39 is 0 Å². The van der Waals surface area contributed by atoms with E-state index in [4.69, 9.17) is 14.9 Å². The van der Waals surface area contributed by atoms with Gasteiger partial charge in [0.05, 0.1) is 24.4 Å². The summed E-state index contributed by atoms with van der Waals surface area (Å²) in [5, 5.41) is 9.49. The lowest BCUT2D eigenvalue weighted by molar-refractivity contribution is -0.160. The molecule has 3 N–H and O–H groups in total. The third kappa shape index (κ3) is 3.86. The Morgan fingerprint density at radius 2 is 2.19 bits per heavy atom. The van der Waals surface area contributed by atoms with E-state index in [2.05, 4.69) is 11.8 Å². The molecule has 1 aliphatic heterocycles. The monoisotopic (exact) mass is 296 g/mol. The Hall–Kier alpha value is -0.880. The standard InChI is InChI=1S/C16H28N2O3/c1-5-13(17)15(14-7-6-11(2)20-14)18-8-12(9-19)21-16(3,4)10-18/h6-7,12-13,15,19H,5,8-10,17H2,1-4H3. The van der Waals surface area contributed by atoms with Crippen LogP contribution in [0.1, 0.15) is 44.8 Å². The zero-order valence-electron chi connectivity index (χ0n) is 13.5. The van der Waals surface area contributed by atoms with Gasteiger partial charge in [-0.1, -0.05) is 6.92 Å². The molecule has 0 saturated carbocycles. The fraction of sp³-hybridized carbons (Fsp3) is 0.750. The molecule has 1 saturated heterocycles. The zero-order chi connectivity index (χ0) is 15.6. The first kappa shape index (κ1) is 16.5. The Balaban J connectivity index is 2.27. The minimum Gasteiger partial charge on any atom is -0.465 e. The quantitative estimate of drug-likeness (QED) is 0.867. The van der Waals surface area contributed by atoms with Crippen molar-refractivity contribution in [3.63, 3.8) is 0 Å². The van der Waals surface area contributed by atoms with Gasteiger partial charge in [0.1, 0.15) is 11.5 Å². The molecule has 0 aliphatic carbocycles. The predicted octanol–water partition coefficient (Wildman–Crippen LogP) is 1.84. The maximum atomic E-state index is 9.49. The van der Waals surface area contributed by atoms with Crippen LogP contribution in [0.5, 0.6) is 0 Å². The van der Waals surface area contributed by atoms with Crippen LogP contribution >= 0.6 is 0 Å². The Bertz CT molecular complexity index is 458. The average molecular weight is 296 g/mol. The first-order valence-electron chi connectivity index (χ1n) is 7.71. The van der Waals surface area contributed by atoms with Crippen molar-refractivity contribution in [2.45, 2.75) is 57.9 Å². The van der Waals surface area contributed by atoms with Gasteiger partial charge >= 0.3 is 0 Å².